The molecule has 0 bridgehead atoms. The van der Waals surface area contributed by atoms with E-state index < -0.39 is 0 Å². The lowest BCUT2D eigenvalue weighted by atomic mass is 9.90. The molecule has 1 saturated heterocycles. The molecule has 2 saturated carbocycles. The third-order valence-corrected chi connectivity index (χ3v) is 8.02. The molecule has 3 fully saturated rings. The van der Waals surface area contributed by atoms with E-state index in [0.29, 0.717) is 36.5 Å². The molecule has 1 aromatic heterocycles. The first kappa shape index (κ1) is 24.9. The van der Waals surface area contributed by atoms with Gasteiger partial charge in [0.05, 0.1) is 19.6 Å². The summed E-state index contributed by atoms with van der Waals surface area (Å²) >= 11 is 0. The van der Waals surface area contributed by atoms with Gasteiger partial charge in [0.25, 0.3) is 0 Å². The van der Waals surface area contributed by atoms with Gasteiger partial charge in [0.2, 0.25) is 11.9 Å². The quantitative estimate of drug-likeness (QED) is 0.463. The van der Waals surface area contributed by atoms with Crippen molar-refractivity contribution in [3.05, 3.63) is 47.5 Å². The van der Waals surface area contributed by atoms with Gasteiger partial charge in [0.1, 0.15) is 11.6 Å². The van der Waals surface area contributed by atoms with Crippen LogP contribution in [0.4, 0.5) is 10.3 Å². The molecule has 2 aliphatic carbocycles. The van der Waals surface area contributed by atoms with Crippen molar-refractivity contribution in [2.45, 2.75) is 57.6 Å². The molecule has 2 heterocycles. The first-order valence-electron chi connectivity index (χ1n) is 13.2. The maximum atomic E-state index is 14.5. The van der Waals surface area contributed by atoms with Gasteiger partial charge in [-0.2, -0.15) is 0 Å². The van der Waals surface area contributed by atoms with Crippen LogP contribution in [0.1, 0.15) is 49.7 Å². The van der Waals surface area contributed by atoms with Gasteiger partial charge in [-0.25, -0.2) is 14.4 Å². The molecule has 8 heteroatoms. The third-order valence-electron chi connectivity index (χ3n) is 8.02. The van der Waals surface area contributed by atoms with Gasteiger partial charge in [-0.15, -0.1) is 0 Å². The average molecular weight is 497 g/mol. The summed E-state index contributed by atoms with van der Waals surface area (Å²) < 4.78 is 25.5. The Morgan fingerprint density at radius 3 is 2.58 bits per heavy atom. The van der Waals surface area contributed by atoms with Crippen LogP contribution in [0.3, 0.4) is 0 Å². The minimum Gasteiger partial charge on any atom is -0.493 e. The Morgan fingerprint density at radius 2 is 1.92 bits per heavy atom. The number of piperidine rings is 1. The van der Waals surface area contributed by atoms with E-state index in [9.17, 15) is 9.18 Å². The van der Waals surface area contributed by atoms with Crippen molar-refractivity contribution < 1.29 is 18.7 Å². The molecule has 1 amide bonds. The SMILES string of the molecule is COCc1cnc(N2CCC(C3CC3CCOc3ccc(CC(=O)N(C)C4CC4)c(F)c3)CC2)nc1. The highest BCUT2D eigenvalue weighted by atomic mass is 19.1. The molecule has 5 rings (SSSR count). The van der Waals surface area contributed by atoms with E-state index in [1.54, 1.807) is 31.2 Å². The van der Waals surface area contributed by atoms with Gasteiger partial charge in [0, 0.05) is 57.3 Å². The molecule has 0 radical (unpaired) electrons. The van der Waals surface area contributed by atoms with Gasteiger partial charge in [-0.05, 0) is 67.9 Å². The van der Waals surface area contributed by atoms with Crippen LogP contribution in [0.15, 0.2) is 30.6 Å². The predicted octanol–water partition coefficient (Wildman–Crippen LogP) is 4.25. The smallest absolute Gasteiger partial charge is 0.227 e. The normalized spacial score (nSPS) is 21.9. The first-order chi connectivity index (χ1) is 17.5. The number of carbonyl (C=O) groups is 1. The molecular weight excluding hydrogens is 459 g/mol. The lowest BCUT2D eigenvalue weighted by Gasteiger charge is -2.32. The molecule has 1 aliphatic heterocycles. The van der Waals surface area contributed by atoms with Crippen LogP contribution >= 0.6 is 0 Å². The van der Waals surface area contributed by atoms with Crippen molar-refractivity contribution in [3.8, 4) is 5.75 Å². The third kappa shape index (κ3) is 6.14. The number of nitrogens with zero attached hydrogens (tertiary/aromatic N) is 4. The van der Waals surface area contributed by atoms with Crippen LogP contribution in [-0.4, -0.2) is 60.7 Å². The number of likely N-dealkylation sites (N-methyl/N-ethyl adjacent to an activating group) is 1. The fraction of sp³-hybridized carbons (Fsp3) is 0.607. The Bertz CT molecular complexity index is 1040. The summed E-state index contributed by atoms with van der Waals surface area (Å²) in [4.78, 5) is 25.3. The van der Waals surface area contributed by atoms with E-state index in [1.165, 1.54) is 25.3 Å². The summed E-state index contributed by atoms with van der Waals surface area (Å²) in [6.07, 6.45) is 10.5. The van der Waals surface area contributed by atoms with E-state index in [4.69, 9.17) is 9.47 Å². The van der Waals surface area contributed by atoms with E-state index in [1.807, 2.05) is 12.4 Å². The number of halogens is 1. The summed E-state index contributed by atoms with van der Waals surface area (Å²) in [6, 6.07) is 5.23. The van der Waals surface area contributed by atoms with Crippen LogP contribution < -0.4 is 9.64 Å². The minimum absolute atomic E-state index is 0.0248. The minimum atomic E-state index is -0.363. The Hall–Kier alpha value is -2.74. The molecule has 2 aromatic rings. The fourth-order valence-corrected chi connectivity index (χ4v) is 5.50. The Morgan fingerprint density at radius 1 is 1.17 bits per heavy atom. The molecule has 7 nitrogen and oxygen atoms in total. The van der Waals surface area contributed by atoms with Crippen molar-refractivity contribution in [3.63, 3.8) is 0 Å². The zero-order chi connectivity index (χ0) is 25.1. The Balaban J connectivity index is 1.01. The number of amides is 1. The molecular formula is C28H37FN4O3. The zero-order valence-electron chi connectivity index (χ0n) is 21.4. The second kappa shape index (κ2) is 11.1. The average Bonchev–Trinajstić information content (AvgIpc) is 3.81. The molecule has 194 valence electrons. The summed E-state index contributed by atoms with van der Waals surface area (Å²) in [5.41, 5.74) is 1.43. The monoisotopic (exact) mass is 496 g/mol. The second-order valence-corrected chi connectivity index (χ2v) is 10.6. The van der Waals surface area contributed by atoms with Crippen LogP contribution in [0.2, 0.25) is 0 Å². The molecule has 1 aromatic carbocycles. The van der Waals surface area contributed by atoms with Crippen LogP contribution in [0.25, 0.3) is 0 Å². The van der Waals surface area contributed by atoms with Crippen molar-refractivity contribution >= 4 is 11.9 Å². The van der Waals surface area contributed by atoms with Gasteiger partial charge in [0.15, 0.2) is 0 Å². The van der Waals surface area contributed by atoms with E-state index in [2.05, 4.69) is 14.9 Å². The lowest BCUT2D eigenvalue weighted by molar-refractivity contribution is -0.129. The predicted molar refractivity (Wildman–Crippen MR) is 135 cm³/mol. The maximum absolute atomic E-state index is 14.5. The van der Waals surface area contributed by atoms with Crippen LogP contribution in [0.5, 0.6) is 5.75 Å². The second-order valence-electron chi connectivity index (χ2n) is 10.6. The van der Waals surface area contributed by atoms with Crippen molar-refractivity contribution in [1.29, 1.82) is 0 Å². The number of rotatable bonds is 11. The molecule has 0 spiro atoms. The fourth-order valence-electron chi connectivity index (χ4n) is 5.50. The highest BCUT2D eigenvalue weighted by Crippen LogP contribution is 2.49. The van der Waals surface area contributed by atoms with E-state index in [0.717, 1.165) is 55.7 Å². The standard InChI is InChI=1S/C28H37FN4O3/c1-32(23-4-5-23)27(34)14-22-3-6-24(15-26(22)29)36-12-9-21-13-25(21)20-7-10-33(11-8-20)28-30-16-19(17-31-28)18-35-2/h3,6,15-17,20-21,23,25H,4-5,7-14,18H2,1-2H3. The molecule has 2 atom stereocenters. The summed E-state index contributed by atoms with van der Waals surface area (Å²) in [6.45, 7) is 3.13. The summed E-state index contributed by atoms with van der Waals surface area (Å²) in [5, 5.41) is 0. The number of anilines is 1. The highest BCUT2D eigenvalue weighted by molar-refractivity contribution is 5.79. The summed E-state index contributed by atoms with van der Waals surface area (Å²) in [7, 11) is 3.48. The summed E-state index contributed by atoms with van der Waals surface area (Å²) in [5.74, 6) is 3.19. The van der Waals surface area contributed by atoms with Gasteiger partial charge < -0.3 is 19.3 Å². The van der Waals surface area contributed by atoms with Gasteiger partial charge >= 0.3 is 0 Å². The number of ether oxygens (including phenoxy) is 2. The Labute approximate surface area is 213 Å². The first-order valence-corrected chi connectivity index (χ1v) is 13.2. The zero-order valence-corrected chi connectivity index (χ0v) is 21.4. The number of methoxy groups -OCH3 is 1. The lowest BCUT2D eigenvalue weighted by Crippen LogP contribution is -2.35. The molecule has 3 aliphatic rings. The number of aromatic nitrogens is 2. The Kier molecular flexibility index (Phi) is 7.70. The number of hydrogen-bond donors (Lipinski definition) is 0. The van der Waals surface area contributed by atoms with Crippen LogP contribution in [-0.2, 0) is 22.6 Å². The van der Waals surface area contributed by atoms with E-state index >= 15 is 0 Å². The molecule has 2 unspecified atom stereocenters. The van der Waals surface area contributed by atoms with Crippen molar-refractivity contribution in [1.82, 2.24) is 14.9 Å². The number of hydrogen-bond acceptors (Lipinski definition) is 6. The highest BCUT2D eigenvalue weighted by Gasteiger charge is 2.43. The maximum Gasteiger partial charge on any atom is 0.227 e. The topological polar surface area (TPSA) is 67.8 Å². The van der Waals surface area contributed by atoms with Crippen molar-refractivity contribution in [2.75, 3.05) is 38.8 Å². The molecule has 0 N–H and O–H groups in total. The van der Waals surface area contributed by atoms with E-state index in [-0.39, 0.29) is 18.1 Å². The van der Waals surface area contributed by atoms with Crippen LogP contribution in [0, 0.1) is 23.6 Å². The van der Waals surface area contributed by atoms with Gasteiger partial charge in [-0.3, -0.25) is 4.79 Å². The number of benzene rings is 1. The van der Waals surface area contributed by atoms with Crippen molar-refractivity contribution in [2.24, 2.45) is 17.8 Å². The number of carbonyl (C=O) groups excluding carboxylic acids is 1. The van der Waals surface area contributed by atoms with Gasteiger partial charge in [-0.1, -0.05) is 6.07 Å². The largest absolute Gasteiger partial charge is 0.493 e. The molecule has 36 heavy (non-hydrogen) atoms.